The maximum absolute atomic E-state index is 6.46. The maximum atomic E-state index is 6.46. The van der Waals surface area contributed by atoms with E-state index < -0.39 is 0 Å². The number of hydrogen-bond acceptors (Lipinski definition) is 2. The molecule has 0 amide bonds. The lowest BCUT2D eigenvalue weighted by molar-refractivity contribution is 0.200. The molecule has 2 rings (SSSR count). The molecule has 2 atom stereocenters. The molecule has 20 heavy (non-hydrogen) atoms. The fraction of sp³-hybridized carbons (Fsp3) is 0.812. The first-order valence-corrected chi connectivity index (χ1v) is 8.17. The van der Waals surface area contributed by atoms with Crippen LogP contribution in [0.3, 0.4) is 0 Å². The predicted molar refractivity (Wildman–Crippen MR) is 85.3 cm³/mol. The van der Waals surface area contributed by atoms with Crippen LogP contribution in [0.5, 0.6) is 0 Å². The smallest absolute Gasteiger partial charge is 0.0847 e. The van der Waals surface area contributed by atoms with Crippen molar-refractivity contribution in [1.82, 2.24) is 15.1 Å². The normalized spacial score (nSPS) is 23.2. The van der Waals surface area contributed by atoms with Crippen LogP contribution in [-0.2, 0) is 13.0 Å². The fourth-order valence-electron chi connectivity index (χ4n) is 3.82. The standard InChI is InChI=1S/C16H28ClN3/c1-6-20-14(15(17)11(2)19-20)10-13(18-5)12-8-7-9-16(12,3)4/h12-13,18H,6-10H2,1-5H3. The SMILES string of the molecule is CCn1nc(C)c(Cl)c1CC(NC)C1CCCC1(C)C. The lowest BCUT2D eigenvalue weighted by Crippen LogP contribution is -2.41. The van der Waals surface area contributed by atoms with Crippen LogP contribution in [0.15, 0.2) is 0 Å². The van der Waals surface area contributed by atoms with Crippen molar-refractivity contribution < 1.29 is 0 Å². The van der Waals surface area contributed by atoms with Gasteiger partial charge >= 0.3 is 0 Å². The molecule has 1 fully saturated rings. The van der Waals surface area contributed by atoms with Crippen LogP contribution >= 0.6 is 11.6 Å². The van der Waals surface area contributed by atoms with Crippen LogP contribution in [0.25, 0.3) is 0 Å². The Bertz CT molecular complexity index is 465. The molecule has 1 N–H and O–H groups in total. The summed E-state index contributed by atoms with van der Waals surface area (Å²) in [6.45, 7) is 9.80. The van der Waals surface area contributed by atoms with E-state index >= 15 is 0 Å². The highest BCUT2D eigenvalue weighted by Crippen LogP contribution is 2.45. The van der Waals surface area contributed by atoms with Crippen LogP contribution in [0.2, 0.25) is 5.02 Å². The van der Waals surface area contributed by atoms with E-state index in [1.165, 1.54) is 25.0 Å². The zero-order valence-corrected chi connectivity index (χ0v) is 14.2. The summed E-state index contributed by atoms with van der Waals surface area (Å²) in [5, 5.41) is 8.92. The van der Waals surface area contributed by atoms with E-state index in [1.54, 1.807) is 0 Å². The Hall–Kier alpha value is -0.540. The van der Waals surface area contributed by atoms with Crippen molar-refractivity contribution in [1.29, 1.82) is 0 Å². The number of nitrogens with one attached hydrogen (secondary N) is 1. The van der Waals surface area contributed by atoms with Crippen LogP contribution in [-0.4, -0.2) is 22.9 Å². The van der Waals surface area contributed by atoms with Crippen LogP contribution in [0.4, 0.5) is 0 Å². The summed E-state index contributed by atoms with van der Waals surface area (Å²) in [4.78, 5) is 0. The number of aromatic nitrogens is 2. The molecule has 1 saturated carbocycles. The van der Waals surface area contributed by atoms with Gasteiger partial charge < -0.3 is 5.32 Å². The quantitative estimate of drug-likeness (QED) is 0.895. The van der Waals surface area contributed by atoms with Crippen molar-refractivity contribution in [3.05, 3.63) is 16.4 Å². The van der Waals surface area contributed by atoms with E-state index in [0.717, 1.165) is 23.7 Å². The van der Waals surface area contributed by atoms with Gasteiger partial charge in [0.1, 0.15) is 0 Å². The molecule has 1 heterocycles. The molecular formula is C16H28ClN3. The number of halogens is 1. The third-order valence-corrected chi connectivity index (χ3v) is 5.55. The highest BCUT2D eigenvalue weighted by atomic mass is 35.5. The number of likely N-dealkylation sites (N-methyl/N-ethyl adjacent to an activating group) is 1. The highest BCUT2D eigenvalue weighted by molar-refractivity contribution is 6.31. The third kappa shape index (κ3) is 2.89. The topological polar surface area (TPSA) is 29.9 Å². The Balaban J connectivity index is 2.23. The average molecular weight is 298 g/mol. The molecule has 3 nitrogen and oxygen atoms in total. The summed E-state index contributed by atoms with van der Waals surface area (Å²) >= 11 is 6.46. The second kappa shape index (κ2) is 6.07. The summed E-state index contributed by atoms with van der Waals surface area (Å²) in [7, 11) is 2.08. The van der Waals surface area contributed by atoms with E-state index in [4.69, 9.17) is 11.6 Å². The van der Waals surface area contributed by atoms with E-state index in [0.29, 0.717) is 17.4 Å². The minimum Gasteiger partial charge on any atom is -0.316 e. The van der Waals surface area contributed by atoms with Gasteiger partial charge in [0, 0.05) is 19.0 Å². The molecule has 0 radical (unpaired) electrons. The Morgan fingerprint density at radius 3 is 2.70 bits per heavy atom. The fourth-order valence-corrected chi connectivity index (χ4v) is 4.03. The van der Waals surface area contributed by atoms with E-state index in [9.17, 15) is 0 Å². The van der Waals surface area contributed by atoms with Gasteiger partial charge in [-0.1, -0.05) is 31.9 Å². The minimum absolute atomic E-state index is 0.423. The van der Waals surface area contributed by atoms with Crippen LogP contribution in [0.1, 0.15) is 51.4 Å². The maximum Gasteiger partial charge on any atom is 0.0847 e. The van der Waals surface area contributed by atoms with Gasteiger partial charge in [0.2, 0.25) is 0 Å². The number of aryl methyl sites for hydroxylation is 2. The van der Waals surface area contributed by atoms with Gasteiger partial charge in [0.05, 0.1) is 16.4 Å². The minimum atomic E-state index is 0.423. The van der Waals surface area contributed by atoms with Crippen molar-refractivity contribution in [2.24, 2.45) is 11.3 Å². The monoisotopic (exact) mass is 297 g/mol. The van der Waals surface area contributed by atoms with Gasteiger partial charge in [0.25, 0.3) is 0 Å². The third-order valence-electron chi connectivity index (χ3n) is 5.06. The summed E-state index contributed by atoms with van der Waals surface area (Å²) in [5.74, 6) is 0.712. The predicted octanol–water partition coefficient (Wildman–Crippen LogP) is 3.82. The van der Waals surface area contributed by atoms with E-state index in [2.05, 4.69) is 42.9 Å². The van der Waals surface area contributed by atoms with Gasteiger partial charge in [-0.15, -0.1) is 0 Å². The van der Waals surface area contributed by atoms with E-state index in [1.807, 2.05) is 6.92 Å². The molecule has 4 heteroatoms. The van der Waals surface area contributed by atoms with Crippen LogP contribution in [0, 0.1) is 18.3 Å². The first-order chi connectivity index (χ1) is 9.40. The summed E-state index contributed by atoms with van der Waals surface area (Å²) < 4.78 is 2.06. The largest absolute Gasteiger partial charge is 0.316 e. The van der Waals surface area contributed by atoms with Crippen LogP contribution < -0.4 is 5.32 Å². The van der Waals surface area contributed by atoms with Crippen molar-refractivity contribution in [3.8, 4) is 0 Å². The molecule has 1 aromatic rings. The molecule has 0 aliphatic heterocycles. The number of nitrogens with zero attached hydrogens (tertiary/aromatic N) is 2. The number of hydrogen-bond donors (Lipinski definition) is 1. The van der Waals surface area contributed by atoms with Gasteiger partial charge in [0.15, 0.2) is 0 Å². The molecule has 114 valence electrons. The van der Waals surface area contributed by atoms with Gasteiger partial charge in [-0.25, -0.2) is 0 Å². The summed E-state index contributed by atoms with van der Waals surface area (Å²) in [6, 6.07) is 0.478. The molecule has 0 bridgehead atoms. The molecule has 0 aromatic carbocycles. The molecular weight excluding hydrogens is 270 g/mol. The van der Waals surface area contributed by atoms with Gasteiger partial charge in [-0.2, -0.15) is 5.10 Å². The van der Waals surface area contributed by atoms with Gasteiger partial charge in [-0.05, 0) is 45.1 Å². The summed E-state index contributed by atoms with van der Waals surface area (Å²) in [6.07, 6.45) is 4.96. The Kier molecular flexibility index (Phi) is 4.80. The second-order valence-corrected chi connectivity index (χ2v) is 7.13. The average Bonchev–Trinajstić information content (AvgIpc) is 2.88. The van der Waals surface area contributed by atoms with Gasteiger partial charge in [-0.3, -0.25) is 4.68 Å². The first-order valence-electron chi connectivity index (χ1n) is 7.79. The van der Waals surface area contributed by atoms with Crippen molar-refractivity contribution in [2.45, 2.75) is 66.0 Å². The van der Waals surface area contributed by atoms with Crippen molar-refractivity contribution >= 4 is 11.6 Å². The summed E-state index contributed by atoms with van der Waals surface area (Å²) in [5.41, 5.74) is 2.56. The van der Waals surface area contributed by atoms with E-state index in [-0.39, 0.29) is 0 Å². The number of rotatable bonds is 5. The Labute approximate surface area is 128 Å². The molecule has 0 saturated heterocycles. The highest BCUT2D eigenvalue weighted by Gasteiger charge is 2.39. The lowest BCUT2D eigenvalue weighted by atomic mass is 9.76. The zero-order valence-electron chi connectivity index (χ0n) is 13.5. The lowest BCUT2D eigenvalue weighted by Gasteiger charge is -2.34. The Morgan fingerprint density at radius 1 is 1.50 bits per heavy atom. The molecule has 1 aromatic heterocycles. The van der Waals surface area contributed by atoms with Crippen molar-refractivity contribution in [2.75, 3.05) is 7.05 Å². The Morgan fingerprint density at radius 2 is 2.20 bits per heavy atom. The first kappa shape index (κ1) is 15.8. The van der Waals surface area contributed by atoms with Crippen molar-refractivity contribution in [3.63, 3.8) is 0 Å². The molecule has 0 spiro atoms. The molecule has 2 unspecified atom stereocenters. The molecule has 1 aliphatic carbocycles. The molecule has 1 aliphatic rings. The zero-order chi connectivity index (χ0) is 14.9. The second-order valence-electron chi connectivity index (χ2n) is 6.75.